The van der Waals surface area contributed by atoms with Gasteiger partial charge in [0.15, 0.2) is 0 Å². The minimum atomic E-state index is -0.701. The number of aldehydes is 1. The second kappa shape index (κ2) is 8.91. The molecule has 0 heterocycles. The van der Waals surface area contributed by atoms with Crippen LogP contribution in [-0.4, -0.2) is 29.1 Å². The van der Waals surface area contributed by atoms with Crippen molar-refractivity contribution < 1.29 is 19.8 Å². The summed E-state index contributed by atoms with van der Waals surface area (Å²) >= 11 is 0. The van der Waals surface area contributed by atoms with Crippen molar-refractivity contribution in [3.63, 3.8) is 0 Å². The first kappa shape index (κ1) is 25.7. The van der Waals surface area contributed by atoms with Crippen LogP contribution in [0.1, 0.15) is 98.3 Å². The van der Waals surface area contributed by atoms with Crippen LogP contribution in [0.5, 0.6) is 0 Å². The quantitative estimate of drug-likeness (QED) is 0.215. The van der Waals surface area contributed by atoms with Gasteiger partial charge < -0.3 is 10.2 Å². The summed E-state index contributed by atoms with van der Waals surface area (Å²) in [7, 11) is 0. The van der Waals surface area contributed by atoms with Gasteiger partial charge in [0, 0.05) is 6.42 Å². The maximum Gasteiger partial charge on any atom is 0.303 e. The molecule has 0 saturated heterocycles. The van der Waals surface area contributed by atoms with Crippen molar-refractivity contribution in [2.24, 2.45) is 45.3 Å². The summed E-state index contributed by atoms with van der Waals surface area (Å²) in [5.74, 6) is 1.28. The number of rotatable bonds is 10. The number of aliphatic hydroxyl groups is 1. The molecule has 0 aromatic rings. The number of hydrogen-bond donors (Lipinski definition) is 2. The van der Waals surface area contributed by atoms with Crippen LogP contribution < -0.4 is 0 Å². The van der Waals surface area contributed by atoms with Gasteiger partial charge in [0.1, 0.15) is 6.29 Å². The molecule has 4 saturated carbocycles. The van der Waals surface area contributed by atoms with Crippen molar-refractivity contribution in [2.75, 3.05) is 6.61 Å². The number of carbonyl (C=O) groups excluding carboxylic acids is 1. The summed E-state index contributed by atoms with van der Waals surface area (Å²) in [5, 5.41) is 19.9. The number of aliphatic carboxylic acids is 1. The lowest BCUT2D eigenvalue weighted by Gasteiger charge is -2.62. The number of hydrogen-bond acceptors (Lipinski definition) is 3. The lowest BCUT2D eigenvalue weighted by Crippen LogP contribution is -2.55. The van der Waals surface area contributed by atoms with Crippen LogP contribution in [0.15, 0.2) is 23.8 Å². The van der Waals surface area contributed by atoms with Gasteiger partial charge in [0.05, 0.1) is 6.61 Å². The molecule has 4 aliphatic carbocycles. The summed E-state index contributed by atoms with van der Waals surface area (Å²) in [6.45, 7) is 13.6. The Morgan fingerprint density at radius 2 is 1.91 bits per heavy atom. The lowest BCUT2D eigenvalue weighted by atomic mass is 9.42. The Morgan fingerprint density at radius 3 is 2.56 bits per heavy atom. The largest absolute Gasteiger partial charge is 0.481 e. The van der Waals surface area contributed by atoms with E-state index in [1.807, 2.05) is 6.92 Å². The highest BCUT2D eigenvalue weighted by atomic mass is 16.4. The molecule has 2 N–H and O–H groups in total. The fraction of sp³-hybridized carbons (Fsp3) is 0.800. The zero-order valence-corrected chi connectivity index (χ0v) is 21.9. The topological polar surface area (TPSA) is 74.6 Å². The van der Waals surface area contributed by atoms with Crippen LogP contribution >= 0.6 is 0 Å². The van der Waals surface area contributed by atoms with Gasteiger partial charge in [-0.1, -0.05) is 39.8 Å². The van der Waals surface area contributed by atoms with Gasteiger partial charge in [-0.3, -0.25) is 9.59 Å². The maximum absolute atomic E-state index is 11.9. The highest BCUT2D eigenvalue weighted by Gasteiger charge is 2.83. The summed E-state index contributed by atoms with van der Waals surface area (Å²) in [6.07, 6.45) is 14.3. The molecule has 0 amide bonds. The molecule has 1 unspecified atom stereocenters. The maximum atomic E-state index is 11.9. The standard InChI is InChI=1S/C30H46O4/c1-20(18-31)8-6-9-21(2)26-28(5)13-7-10-24-29(15-12-25(33)34)23(22(3)19-32)11-14-27(29,4)16-17-30(24,26)28/h8,18,21,23-24,26,32H,3,6-7,9-17,19H2,1-2,4-5H3,(H,33,34)/b20-8+/t21-,23+,24?,26-,27+,28-,29+,30+/m1/s1. The average Bonchev–Trinajstić information content (AvgIpc) is 3.23. The molecule has 8 atom stereocenters. The zero-order chi connectivity index (χ0) is 24.9. The van der Waals surface area contributed by atoms with E-state index in [0.717, 1.165) is 43.1 Å². The highest BCUT2D eigenvalue weighted by Crippen LogP contribution is 2.89. The molecule has 0 aliphatic heterocycles. The van der Waals surface area contributed by atoms with E-state index in [9.17, 15) is 19.8 Å². The molecule has 4 aliphatic rings. The molecule has 34 heavy (non-hydrogen) atoms. The van der Waals surface area contributed by atoms with Gasteiger partial charge in [-0.05, 0) is 121 Å². The molecule has 1 spiro atoms. The first-order valence-corrected chi connectivity index (χ1v) is 13.7. The van der Waals surface area contributed by atoms with Crippen molar-refractivity contribution in [1.82, 2.24) is 0 Å². The Bertz CT molecular complexity index is 875. The molecule has 0 bridgehead atoms. The smallest absolute Gasteiger partial charge is 0.303 e. The molecule has 4 rings (SSSR count). The van der Waals surface area contributed by atoms with Gasteiger partial charge >= 0.3 is 5.97 Å². The first-order valence-electron chi connectivity index (χ1n) is 13.7. The Hall–Kier alpha value is -1.42. The molecule has 0 aromatic carbocycles. The van der Waals surface area contributed by atoms with Crippen LogP contribution in [0.4, 0.5) is 0 Å². The van der Waals surface area contributed by atoms with Crippen LogP contribution in [0.3, 0.4) is 0 Å². The van der Waals surface area contributed by atoms with Gasteiger partial charge in [-0.2, -0.15) is 0 Å². The predicted molar refractivity (Wildman–Crippen MR) is 135 cm³/mol. The van der Waals surface area contributed by atoms with Crippen molar-refractivity contribution in [2.45, 2.75) is 98.3 Å². The Kier molecular flexibility index (Phi) is 6.72. The molecule has 4 nitrogen and oxygen atoms in total. The van der Waals surface area contributed by atoms with Crippen LogP contribution in [-0.2, 0) is 9.59 Å². The summed E-state index contributed by atoms with van der Waals surface area (Å²) < 4.78 is 0. The van der Waals surface area contributed by atoms with E-state index in [1.54, 1.807) is 0 Å². The van der Waals surface area contributed by atoms with E-state index in [2.05, 4.69) is 33.4 Å². The van der Waals surface area contributed by atoms with Gasteiger partial charge in [-0.15, -0.1) is 0 Å². The van der Waals surface area contributed by atoms with Crippen LogP contribution in [0.2, 0.25) is 0 Å². The number of aliphatic hydroxyl groups excluding tert-OH is 1. The van der Waals surface area contributed by atoms with Crippen molar-refractivity contribution in [1.29, 1.82) is 0 Å². The average molecular weight is 471 g/mol. The van der Waals surface area contributed by atoms with E-state index in [4.69, 9.17) is 0 Å². The fourth-order valence-electron chi connectivity index (χ4n) is 10.5. The molecule has 4 heteroatoms. The van der Waals surface area contributed by atoms with Crippen LogP contribution in [0, 0.1) is 45.3 Å². The molecule has 0 radical (unpaired) electrons. The molecule has 190 valence electrons. The number of carboxylic acids is 1. The minimum absolute atomic E-state index is 0.00874. The van der Waals surface area contributed by atoms with Crippen molar-refractivity contribution >= 4 is 12.3 Å². The first-order chi connectivity index (χ1) is 16.0. The lowest BCUT2D eigenvalue weighted by molar-refractivity contribution is -0.146. The van der Waals surface area contributed by atoms with E-state index in [-0.39, 0.29) is 35.2 Å². The second-order valence-electron chi connectivity index (χ2n) is 12.9. The third-order valence-corrected chi connectivity index (χ3v) is 11.8. The Morgan fingerprint density at radius 1 is 1.18 bits per heavy atom. The van der Waals surface area contributed by atoms with E-state index in [1.165, 1.54) is 32.1 Å². The molecule has 0 aromatic heterocycles. The summed E-state index contributed by atoms with van der Waals surface area (Å²) in [5.41, 5.74) is 2.40. The van der Waals surface area contributed by atoms with Gasteiger partial charge in [0.25, 0.3) is 0 Å². The fourth-order valence-corrected chi connectivity index (χ4v) is 10.5. The SMILES string of the molecule is C=C(CO)[C@@H]1CC[C@@]2(C)CC[C@@]34C(CCC[C@]3(C)[C@H]4[C@H](C)CC/C=C(\C)C=O)[C@]12CCC(=O)O. The number of carboxylic acid groups (broad SMARTS) is 1. The van der Waals surface area contributed by atoms with Gasteiger partial charge in [0.2, 0.25) is 0 Å². The monoisotopic (exact) mass is 470 g/mol. The van der Waals surface area contributed by atoms with E-state index >= 15 is 0 Å². The molecular weight excluding hydrogens is 424 g/mol. The number of allylic oxidation sites excluding steroid dienone is 2. The Balaban J connectivity index is 1.73. The molecular formula is C30H46O4. The summed E-state index contributed by atoms with van der Waals surface area (Å²) in [6, 6.07) is 0. The normalized spacial score (nSPS) is 43.9. The van der Waals surface area contributed by atoms with Crippen LogP contribution in [0.25, 0.3) is 0 Å². The van der Waals surface area contributed by atoms with E-state index in [0.29, 0.717) is 29.6 Å². The number of fused-ring (bicyclic) bond motifs is 2. The van der Waals surface area contributed by atoms with Gasteiger partial charge in [-0.25, -0.2) is 0 Å². The summed E-state index contributed by atoms with van der Waals surface area (Å²) in [4.78, 5) is 22.9. The predicted octanol–water partition coefficient (Wildman–Crippen LogP) is 6.58. The zero-order valence-electron chi connectivity index (χ0n) is 21.9. The second-order valence-corrected chi connectivity index (χ2v) is 12.9. The van der Waals surface area contributed by atoms with E-state index < -0.39 is 5.97 Å². The van der Waals surface area contributed by atoms with Crippen molar-refractivity contribution in [3.05, 3.63) is 23.8 Å². The minimum Gasteiger partial charge on any atom is -0.481 e. The number of carbonyl (C=O) groups is 2. The van der Waals surface area contributed by atoms with Crippen molar-refractivity contribution in [3.8, 4) is 0 Å². The third kappa shape index (κ3) is 3.41. The third-order valence-electron chi connectivity index (χ3n) is 11.8. The molecule has 4 fully saturated rings. The Labute approximate surface area is 206 Å². The highest BCUT2D eigenvalue weighted by molar-refractivity contribution is 5.71.